The van der Waals surface area contributed by atoms with Gasteiger partial charge in [0.2, 0.25) is 0 Å². The molecule has 0 aromatic carbocycles. The van der Waals surface area contributed by atoms with E-state index < -0.39 is 0 Å². The Kier molecular flexibility index (Phi) is 6.70. The van der Waals surface area contributed by atoms with E-state index in [2.05, 4.69) is 15.5 Å². The van der Waals surface area contributed by atoms with Crippen LogP contribution in [0.1, 0.15) is 24.0 Å². The topological polar surface area (TPSA) is 87.0 Å². The second kappa shape index (κ2) is 8.77. The summed E-state index contributed by atoms with van der Waals surface area (Å²) in [5, 5.41) is 14.3. The molecule has 0 radical (unpaired) electrons. The van der Waals surface area contributed by atoms with Gasteiger partial charge in [-0.2, -0.15) is 0 Å². The van der Waals surface area contributed by atoms with E-state index >= 15 is 0 Å². The molecule has 2 heterocycles. The molecule has 7 heteroatoms. The lowest BCUT2D eigenvalue weighted by molar-refractivity contribution is 0.0121. The Morgan fingerprint density at radius 3 is 2.77 bits per heavy atom. The standard InChI is InChI=1S/C15H25N3O4/c1-12-3-4-14(22-12)13(18-6-9-21-10-7-18)11-17-15(20)16-5-2-8-19/h3-4,13,19H,2,5-11H2,1H3,(H2,16,17,20)/t13-/m0/s1. The number of aliphatic hydroxyl groups is 1. The summed E-state index contributed by atoms with van der Waals surface area (Å²) in [6, 6.07) is 3.67. The highest BCUT2D eigenvalue weighted by molar-refractivity contribution is 5.73. The minimum Gasteiger partial charge on any atom is -0.465 e. The first-order valence-electron chi connectivity index (χ1n) is 7.71. The summed E-state index contributed by atoms with van der Waals surface area (Å²) < 4.78 is 11.1. The molecule has 0 saturated carbocycles. The molecule has 124 valence electrons. The van der Waals surface area contributed by atoms with Crippen molar-refractivity contribution in [2.45, 2.75) is 19.4 Å². The fraction of sp³-hybridized carbons (Fsp3) is 0.667. The summed E-state index contributed by atoms with van der Waals surface area (Å²) in [6.07, 6.45) is 0.553. The monoisotopic (exact) mass is 311 g/mol. The Balaban J connectivity index is 1.91. The summed E-state index contributed by atoms with van der Waals surface area (Å²) in [5.74, 6) is 1.72. The molecule has 2 rings (SSSR count). The molecule has 0 spiro atoms. The molecule has 0 aliphatic carbocycles. The number of urea groups is 1. The normalized spacial score (nSPS) is 17.2. The number of hydrogen-bond acceptors (Lipinski definition) is 5. The maximum atomic E-state index is 11.8. The highest BCUT2D eigenvalue weighted by Gasteiger charge is 2.25. The summed E-state index contributed by atoms with van der Waals surface area (Å²) in [7, 11) is 0. The first-order chi connectivity index (χ1) is 10.7. The number of carbonyl (C=O) groups is 1. The van der Waals surface area contributed by atoms with E-state index in [0.717, 1.165) is 24.6 Å². The van der Waals surface area contributed by atoms with Crippen LogP contribution in [0.2, 0.25) is 0 Å². The third-order valence-electron chi connectivity index (χ3n) is 3.65. The third kappa shape index (κ3) is 5.01. The predicted octanol–water partition coefficient (Wildman–Crippen LogP) is 0.643. The Bertz CT molecular complexity index is 457. The van der Waals surface area contributed by atoms with E-state index in [1.807, 2.05) is 19.1 Å². The Morgan fingerprint density at radius 2 is 2.14 bits per heavy atom. The number of rotatable bonds is 7. The summed E-state index contributed by atoms with van der Waals surface area (Å²) >= 11 is 0. The van der Waals surface area contributed by atoms with Gasteiger partial charge in [0.15, 0.2) is 0 Å². The maximum absolute atomic E-state index is 11.8. The Morgan fingerprint density at radius 1 is 1.36 bits per heavy atom. The quantitative estimate of drug-likeness (QED) is 0.643. The number of aryl methyl sites for hydroxylation is 1. The van der Waals surface area contributed by atoms with E-state index in [1.165, 1.54) is 0 Å². The Labute approximate surface area is 130 Å². The van der Waals surface area contributed by atoms with Crippen molar-refractivity contribution in [3.63, 3.8) is 0 Å². The smallest absolute Gasteiger partial charge is 0.314 e. The van der Waals surface area contributed by atoms with Crippen molar-refractivity contribution in [1.82, 2.24) is 15.5 Å². The molecule has 2 amide bonds. The zero-order chi connectivity index (χ0) is 15.8. The number of hydrogen-bond donors (Lipinski definition) is 3. The van der Waals surface area contributed by atoms with Gasteiger partial charge in [-0.1, -0.05) is 0 Å². The molecule has 1 aromatic heterocycles. The van der Waals surface area contributed by atoms with Gasteiger partial charge in [0.1, 0.15) is 11.5 Å². The predicted molar refractivity (Wildman–Crippen MR) is 81.7 cm³/mol. The molecule has 1 aliphatic rings. The molecule has 1 atom stereocenters. The van der Waals surface area contributed by atoms with Gasteiger partial charge in [-0.05, 0) is 25.5 Å². The van der Waals surface area contributed by atoms with E-state index in [-0.39, 0.29) is 18.7 Å². The zero-order valence-corrected chi connectivity index (χ0v) is 13.0. The van der Waals surface area contributed by atoms with Crippen LogP contribution in [0.25, 0.3) is 0 Å². The van der Waals surface area contributed by atoms with Gasteiger partial charge in [-0.25, -0.2) is 4.79 Å². The molecule has 1 fully saturated rings. The summed E-state index contributed by atoms with van der Waals surface area (Å²) in [5.41, 5.74) is 0. The largest absolute Gasteiger partial charge is 0.465 e. The molecule has 22 heavy (non-hydrogen) atoms. The van der Waals surface area contributed by atoms with Crippen molar-refractivity contribution in [3.05, 3.63) is 23.7 Å². The van der Waals surface area contributed by atoms with Crippen LogP contribution in [-0.4, -0.2) is 62.0 Å². The van der Waals surface area contributed by atoms with Crippen LogP contribution in [0.4, 0.5) is 4.79 Å². The molecule has 0 unspecified atom stereocenters. The number of carbonyl (C=O) groups excluding carboxylic acids is 1. The lowest BCUT2D eigenvalue weighted by Gasteiger charge is -2.33. The number of amides is 2. The van der Waals surface area contributed by atoms with Crippen LogP contribution in [0.3, 0.4) is 0 Å². The van der Waals surface area contributed by atoms with Crippen molar-refractivity contribution in [3.8, 4) is 0 Å². The van der Waals surface area contributed by atoms with Crippen molar-refractivity contribution in [2.24, 2.45) is 0 Å². The summed E-state index contributed by atoms with van der Waals surface area (Å²) in [4.78, 5) is 14.0. The van der Waals surface area contributed by atoms with Gasteiger partial charge in [0.25, 0.3) is 0 Å². The number of nitrogens with one attached hydrogen (secondary N) is 2. The van der Waals surface area contributed by atoms with Crippen LogP contribution in [0, 0.1) is 6.92 Å². The van der Waals surface area contributed by atoms with Gasteiger partial charge >= 0.3 is 6.03 Å². The average Bonchev–Trinajstić information content (AvgIpc) is 2.95. The maximum Gasteiger partial charge on any atom is 0.314 e. The van der Waals surface area contributed by atoms with E-state index in [0.29, 0.717) is 32.7 Å². The first kappa shape index (κ1) is 16.8. The van der Waals surface area contributed by atoms with Crippen molar-refractivity contribution < 1.29 is 19.1 Å². The highest BCUT2D eigenvalue weighted by atomic mass is 16.5. The van der Waals surface area contributed by atoms with Crippen LogP contribution in [0.15, 0.2) is 16.5 Å². The van der Waals surface area contributed by atoms with Gasteiger partial charge in [-0.3, -0.25) is 4.90 Å². The third-order valence-corrected chi connectivity index (χ3v) is 3.65. The van der Waals surface area contributed by atoms with Gasteiger partial charge in [0.05, 0.1) is 19.3 Å². The van der Waals surface area contributed by atoms with Crippen LogP contribution in [0.5, 0.6) is 0 Å². The van der Waals surface area contributed by atoms with Gasteiger partial charge < -0.3 is 24.9 Å². The fourth-order valence-corrected chi connectivity index (χ4v) is 2.46. The second-order valence-corrected chi connectivity index (χ2v) is 5.33. The minimum absolute atomic E-state index is 0.00110. The number of morpholine rings is 1. The fourth-order valence-electron chi connectivity index (χ4n) is 2.46. The molecule has 7 nitrogen and oxygen atoms in total. The van der Waals surface area contributed by atoms with Crippen molar-refractivity contribution >= 4 is 6.03 Å². The minimum atomic E-state index is -0.227. The van der Waals surface area contributed by atoms with Crippen molar-refractivity contribution in [2.75, 3.05) is 46.0 Å². The number of aliphatic hydroxyl groups excluding tert-OH is 1. The molecule has 0 bridgehead atoms. The Hall–Kier alpha value is -1.57. The number of nitrogens with zero attached hydrogens (tertiary/aromatic N) is 1. The molecular weight excluding hydrogens is 286 g/mol. The number of ether oxygens (including phenoxy) is 1. The second-order valence-electron chi connectivity index (χ2n) is 5.33. The summed E-state index contributed by atoms with van der Waals surface area (Å²) in [6.45, 7) is 5.94. The average molecular weight is 311 g/mol. The van der Waals surface area contributed by atoms with Gasteiger partial charge in [-0.15, -0.1) is 0 Å². The molecule has 3 N–H and O–H groups in total. The van der Waals surface area contributed by atoms with E-state index in [4.69, 9.17) is 14.3 Å². The highest BCUT2D eigenvalue weighted by Crippen LogP contribution is 2.23. The molecule has 1 aromatic rings. The van der Waals surface area contributed by atoms with Crippen LogP contribution in [-0.2, 0) is 4.74 Å². The molecule has 1 aliphatic heterocycles. The van der Waals surface area contributed by atoms with E-state index in [1.54, 1.807) is 0 Å². The zero-order valence-electron chi connectivity index (χ0n) is 13.0. The van der Waals surface area contributed by atoms with E-state index in [9.17, 15) is 4.79 Å². The van der Waals surface area contributed by atoms with Crippen molar-refractivity contribution in [1.29, 1.82) is 0 Å². The molecule has 1 saturated heterocycles. The van der Waals surface area contributed by atoms with Crippen LogP contribution < -0.4 is 10.6 Å². The SMILES string of the molecule is Cc1ccc([C@H](CNC(=O)NCCCO)N2CCOCC2)o1. The number of furan rings is 1. The molecular formula is C15H25N3O4. The van der Waals surface area contributed by atoms with Crippen LogP contribution >= 0.6 is 0 Å². The lowest BCUT2D eigenvalue weighted by Crippen LogP contribution is -2.45. The van der Waals surface area contributed by atoms with Gasteiger partial charge in [0, 0.05) is 32.8 Å². The first-order valence-corrected chi connectivity index (χ1v) is 7.71. The lowest BCUT2D eigenvalue weighted by atomic mass is 10.1.